The minimum atomic E-state index is -0.00947. The van der Waals surface area contributed by atoms with E-state index in [4.69, 9.17) is 4.74 Å². The van der Waals surface area contributed by atoms with Gasteiger partial charge in [0.15, 0.2) is 0 Å². The zero-order chi connectivity index (χ0) is 13.2. The Bertz CT molecular complexity index is 436. The average Bonchev–Trinajstić information content (AvgIpc) is 2.38. The van der Waals surface area contributed by atoms with Gasteiger partial charge in [0, 0.05) is 0 Å². The lowest BCUT2D eigenvalue weighted by atomic mass is 9.87. The van der Waals surface area contributed by atoms with Crippen LogP contribution in [0.1, 0.15) is 36.8 Å². The van der Waals surface area contributed by atoms with E-state index in [-0.39, 0.29) is 5.82 Å². The molecule has 3 rings (SSSR count). The molecule has 19 heavy (non-hydrogen) atoms. The Morgan fingerprint density at radius 2 is 2.00 bits per heavy atom. The first-order valence-corrected chi connectivity index (χ1v) is 7.38. The van der Waals surface area contributed by atoms with Crippen molar-refractivity contribution in [1.82, 2.24) is 4.90 Å². The molecule has 0 N–H and O–H groups in total. The van der Waals surface area contributed by atoms with Gasteiger partial charge in [-0.05, 0) is 55.5 Å². The lowest BCUT2D eigenvalue weighted by molar-refractivity contribution is -0.0713. The highest BCUT2D eigenvalue weighted by atomic mass is 19.1. The Balaban J connectivity index is 1.64. The highest BCUT2D eigenvalue weighted by molar-refractivity contribution is 5.27. The fraction of sp³-hybridized carbons (Fsp3) is 0.625. The molecule has 0 atom stereocenters. The molecule has 2 fully saturated rings. The van der Waals surface area contributed by atoms with E-state index in [1.54, 1.807) is 6.07 Å². The summed E-state index contributed by atoms with van der Waals surface area (Å²) in [5, 5.41) is 0. The Hall–Kier alpha value is -0.930. The van der Waals surface area contributed by atoms with Gasteiger partial charge in [0.25, 0.3) is 0 Å². The lowest BCUT2D eigenvalue weighted by Crippen LogP contribution is -2.51. The highest BCUT2D eigenvalue weighted by Gasteiger charge is 2.30. The lowest BCUT2D eigenvalue weighted by Gasteiger charge is -2.41. The summed E-state index contributed by atoms with van der Waals surface area (Å²) in [5.74, 6) is 0.382. The summed E-state index contributed by atoms with van der Waals surface area (Å²) < 4.78 is 19.4. The summed E-state index contributed by atoms with van der Waals surface area (Å²) in [6.45, 7) is 5.98. The Morgan fingerprint density at radius 1 is 1.26 bits per heavy atom. The molecule has 0 saturated carbocycles. The molecule has 0 amide bonds. The number of ether oxygens (including phenoxy) is 1. The number of hydrogen-bond acceptors (Lipinski definition) is 2. The van der Waals surface area contributed by atoms with Crippen molar-refractivity contribution in [1.29, 1.82) is 0 Å². The van der Waals surface area contributed by atoms with Gasteiger partial charge in [-0.15, -0.1) is 0 Å². The summed E-state index contributed by atoms with van der Waals surface area (Å²) in [6.07, 6.45) is 3.04. The molecule has 1 aromatic carbocycles. The number of hydrogen-bond donors (Lipinski definition) is 0. The Labute approximate surface area is 114 Å². The van der Waals surface area contributed by atoms with Crippen molar-refractivity contribution in [3.8, 4) is 0 Å². The molecule has 0 spiro atoms. The van der Waals surface area contributed by atoms with Crippen LogP contribution in [0.5, 0.6) is 0 Å². The van der Waals surface area contributed by atoms with Crippen molar-refractivity contribution in [2.24, 2.45) is 0 Å². The van der Waals surface area contributed by atoms with E-state index in [0.717, 1.165) is 56.7 Å². The van der Waals surface area contributed by atoms with E-state index >= 15 is 0 Å². The van der Waals surface area contributed by atoms with Crippen LogP contribution < -0.4 is 0 Å². The standard InChI is InChI=1S/C16H22FNO/c1-2-12-3-4-15(16(17)9-12)13-5-7-18(8-6-13)14-10-19-11-14/h3-4,9,13-14H,2,5-8,10-11H2,1H3. The highest BCUT2D eigenvalue weighted by Crippen LogP contribution is 2.31. The average molecular weight is 263 g/mol. The summed E-state index contributed by atoms with van der Waals surface area (Å²) in [6, 6.07) is 6.40. The van der Waals surface area contributed by atoms with Crippen molar-refractivity contribution in [2.45, 2.75) is 38.1 Å². The molecule has 104 valence electrons. The maximum Gasteiger partial charge on any atom is 0.126 e. The summed E-state index contributed by atoms with van der Waals surface area (Å²) >= 11 is 0. The van der Waals surface area contributed by atoms with Gasteiger partial charge in [0.1, 0.15) is 5.82 Å². The third kappa shape index (κ3) is 2.67. The van der Waals surface area contributed by atoms with Crippen LogP contribution >= 0.6 is 0 Å². The number of rotatable bonds is 3. The molecule has 1 aromatic rings. The number of piperidine rings is 1. The Kier molecular flexibility index (Phi) is 3.85. The predicted octanol–water partition coefficient (Wildman–Crippen LogP) is 2.97. The number of benzene rings is 1. The van der Waals surface area contributed by atoms with Crippen molar-refractivity contribution in [3.05, 3.63) is 35.1 Å². The molecule has 2 saturated heterocycles. The number of halogens is 1. The van der Waals surface area contributed by atoms with E-state index < -0.39 is 0 Å². The molecule has 0 radical (unpaired) electrons. The minimum Gasteiger partial charge on any atom is -0.378 e. The second-order valence-electron chi connectivity index (χ2n) is 5.71. The van der Waals surface area contributed by atoms with E-state index in [2.05, 4.69) is 17.9 Å². The quantitative estimate of drug-likeness (QED) is 0.831. The van der Waals surface area contributed by atoms with Gasteiger partial charge >= 0.3 is 0 Å². The van der Waals surface area contributed by atoms with Crippen molar-refractivity contribution in [2.75, 3.05) is 26.3 Å². The molecule has 2 heterocycles. The molecule has 0 aliphatic carbocycles. The number of likely N-dealkylation sites (tertiary alicyclic amines) is 1. The third-order valence-electron chi connectivity index (χ3n) is 4.58. The first-order chi connectivity index (χ1) is 9.28. The summed E-state index contributed by atoms with van der Waals surface area (Å²) in [4.78, 5) is 2.50. The van der Waals surface area contributed by atoms with Gasteiger partial charge in [-0.3, -0.25) is 4.90 Å². The van der Waals surface area contributed by atoms with E-state index in [1.165, 1.54) is 0 Å². The minimum absolute atomic E-state index is 0.00947. The first kappa shape index (κ1) is 13.1. The monoisotopic (exact) mass is 263 g/mol. The van der Waals surface area contributed by atoms with Crippen LogP contribution in [-0.4, -0.2) is 37.2 Å². The fourth-order valence-electron chi connectivity index (χ4n) is 3.13. The van der Waals surface area contributed by atoms with Crippen LogP contribution in [0, 0.1) is 5.82 Å². The molecule has 0 unspecified atom stereocenters. The second kappa shape index (κ2) is 5.59. The maximum atomic E-state index is 14.1. The maximum absolute atomic E-state index is 14.1. The largest absolute Gasteiger partial charge is 0.378 e. The van der Waals surface area contributed by atoms with E-state index in [0.29, 0.717) is 12.0 Å². The van der Waals surface area contributed by atoms with E-state index in [1.807, 2.05) is 6.07 Å². The third-order valence-corrected chi connectivity index (χ3v) is 4.58. The zero-order valence-electron chi connectivity index (χ0n) is 11.6. The van der Waals surface area contributed by atoms with Crippen LogP contribution in [0.15, 0.2) is 18.2 Å². The molecule has 2 nitrogen and oxygen atoms in total. The predicted molar refractivity (Wildman–Crippen MR) is 73.9 cm³/mol. The van der Waals surface area contributed by atoms with Crippen molar-refractivity contribution < 1.29 is 9.13 Å². The Morgan fingerprint density at radius 3 is 2.53 bits per heavy atom. The topological polar surface area (TPSA) is 12.5 Å². The molecular formula is C16H22FNO. The van der Waals surface area contributed by atoms with Gasteiger partial charge in [-0.1, -0.05) is 19.1 Å². The van der Waals surface area contributed by atoms with E-state index in [9.17, 15) is 4.39 Å². The van der Waals surface area contributed by atoms with Crippen LogP contribution in [0.2, 0.25) is 0 Å². The van der Waals surface area contributed by atoms with Gasteiger partial charge in [-0.2, -0.15) is 0 Å². The number of nitrogens with zero attached hydrogens (tertiary/aromatic N) is 1. The summed E-state index contributed by atoms with van der Waals surface area (Å²) in [5.41, 5.74) is 2.01. The number of aryl methyl sites for hydroxylation is 1. The normalized spacial score (nSPS) is 22.4. The smallest absolute Gasteiger partial charge is 0.126 e. The first-order valence-electron chi connectivity index (χ1n) is 7.38. The van der Waals surface area contributed by atoms with Gasteiger partial charge in [0.2, 0.25) is 0 Å². The van der Waals surface area contributed by atoms with Crippen molar-refractivity contribution >= 4 is 0 Å². The molecule has 2 aliphatic heterocycles. The second-order valence-corrected chi connectivity index (χ2v) is 5.71. The molecule has 3 heteroatoms. The molecular weight excluding hydrogens is 241 g/mol. The van der Waals surface area contributed by atoms with Crippen molar-refractivity contribution in [3.63, 3.8) is 0 Å². The zero-order valence-corrected chi connectivity index (χ0v) is 11.6. The molecule has 0 bridgehead atoms. The molecule has 0 aromatic heterocycles. The summed E-state index contributed by atoms with van der Waals surface area (Å²) in [7, 11) is 0. The SMILES string of the molecule is CCc1ccc(C2CCN(C3COC3)CC2)c(F)c1. The van der Waals surface area contributed by atoms with Crippen LogP contribution in [0.4, 0.5) is 4.39 Å². The van der Waals surface area contributed by atoms with Gasteiger partial charge < -0.3 is 4.74 Å². The van der Waals surface area contributed by atoms with Gasteiger partial charge in [0.05, 0.1) is 19.3 Å². The fourth-order valence-corrected chi connectivity index (χ4v) is 3.13. The molecule has 2 aliphatic rings. The van der Waals surface area contributed by atoms with Crippen LogP contribution in [-0.2, 0) is 11.2 Å². The van der Waals surface area contributed by atoms with Crippen LogP contribution in [0.25, 0.3) is 0 Å². The van der Waals surface area contributed by atoms with Gasteiger partial charge in [-0.25, -0.2) is 4.39 Å². The van der Waals surface area contributed by atoms with Crippen LogP contribution in [0.3, 0.4) is 0 Å².